The van der Waals surface area contributed by atoms with Crippen LogP contribution in [0.25, 0.3) is 0 Å². The highest BCUT2D eigenvalue weighted by atomic mass is 35.5. The lowest BCUT2D eigenvalue weighted by atomic mass is 10.2. The third kappa shape index (κ3) is 4.64. The van der Waals surface area contributed by atoms with Crippen molar-refractivity contribution in [1.82, 2.24) is 0 Å². The van der Waals surface area contributed by atoms with Gasteiger partial charge in [0.2, 0.25) is 0 Å². The SMILES string of the molecule is FC(F)COCCC(Cl)c1sccc1Cl. The van der Waals surface area contributed by atoms with Crippen molar-refractivity contribution in [2.75, 3.05) is 13.2 Å². The lowest BCUT2D eigenvalue weighted by Crippen LogP contribution is -2.06. The number of ether oxygens (including phenoxy) is 1. The van der Waals surface area contributed by atoms with Crippen LogP contribution in [0.2, 0.25) is 5.02 Å². The molecule has 0 bridgehead atoms. The standard InChI is InChI=1S/C9H10Cl2F2OS/c10-6(1-3-14-5-8(12)13)9-7(11)2-4-15-9/h2,4,6,8H,1,3,5H2. The molecule has 0 aliphatic carbocycles. The molecule has 1 nitrogen and oxygen atoms in total. The van der Waals surface area contributed by atoms with Crippen molar-refractivity contribution in [3.63, 3.8) is 0 Å². The summed E-state index contributed by atoms with van der Waals surface area (Å²) in [5.74, 6) is 0. The topological polar surface area (TPSA) is 9.23 Å². The molecule has 1 rings (SSSR count). The van der Waals surface area contributed by atoms with Gasteiger partial charge in [-0.25, -0.2) is 8.78 Å². The minimum atomic E-state index is -2.43. The van der Waals surface area contributed by atoms with Gasteiger partial charge < -0.3 is 4.74 Å². The molecule has 0 saturated heterocycles. The van der Waals surface area contributed by atoms with Gasteiger partial charge in [-0.3, -0.25) is 0 Å². The van der Waals surface area contributed by atoms with Gasteiger partial charge in [0.1, 0.15) is 6.61 Å². The maximum Gasteiger partial charge on any atom is 0.261 e. The predicted octanol–water partition coefficient (Wildman–Crippen LogP) is 4.35. The van der Waals surface area contributed by atoms with Gasteiger partial charge in [-0.1, -0.05) is 11.6 Å². The molecule has 0 fully saturated rings. The van der Waals surface area contributed by atoms with E-state index in [1.54, 1.807) is 6.07 Å². The smallest absolute Gasteiger partial charge is 0.261 e. The molecule has 1 aromatic rings. The molecule has 1 aromatic heterocycles. The number of hydrogen-bond acceptors (Lipinski definition) is 2. The summed E-state index contributed by atoms with van der Waals surface area (Å²) in [6.45, 7) is -0.325. The fourth-order valence-corrected chi connectivity index (χ4v) is 2.64. The van der Waals surface area contributed by atoms with E-state index in [1.165, 1.54) is 11.3 Å². The molecule has 0 amide bonds. The second-order valence-electron chi connectivity index (χ2n) is 2.86. The fraction of sp³-hybridized carbons (Fsp3) is 0.556. The van der Waals surface area contributed by atoms with E-state index in [4.69, 9.17) is 27.9 Å². The van der Waals surface area contributed by atoms with Crippen molar-refractivity contribution in [1.29, 1.82) is 0 Å². The fourth-order valence-electron chi connectivity index (χ4n) is 1.02. The summed E-state index contributed by atoms with van der Waals surface area (Å²) in [5.41, 5.74) is 0. The van der Waals surface area contributed by atoms with Crippen molar-refractivity contribution in [3.8, 4) is 0 Å². The third-order valence-electron chi connectivity index (χ3n) is 1.69. The van der Waals surface area contributed by atoms with Crippen LogP contribution in [0.3, 0.4) is 0 Å². The van der Waals surface area contributed by atoms with Crippen molar-refractivity contribution in [2.45, 2.75) is 18.2 Å². The van der Waals surface area contributed by atoms with Crippen molar-refractivity contribution >= 4 is 34.5 Å². The Morgan fingerprint density at radius 3 is 2.73 bits per heavy atom. The molecule has 0 N–H and O–H groups in total. The molecule has 1 atom stereocenters. The van der Waals surface area contributed by atoms with Gasteiger partial charge in [0, 0.05) is 11.5 Å². The summed E-state index contributed by atoms with van der Waals surface area (Å²) in [4.78, 5) is 0.860. The number of rotatable bonds is 6. The highest BCUT2D eigenvalue weighted by Crippen LogP contribution is 2.34. The molecule has 1 heterocycles. The van der Waals surface area contributed by atoms with Crippen molar-refractivity contribution < 1.29 is 13.5 Å². The second kappa shape index (κ2) is 6.63. The zero-order valence-corrected chi connectivity index (χ0v) is 10.1. The van der Waals surface area contributed by atoms with Gasteiger partial charge >= 0.3 is 0 Å². The lowest BCUT2D eigenvalue weighted by Gasteiger charge is -2.08. The van der Waals surface area contributed by atoms with Crippen LogP contribution in [0.5, 0.6) is 0 Å². The molecular formula is C9H10Cl2F2OS. The van der Waals surface area contributed by atoms with Gasteiger partial charge in [-0.05, 0) is 17.9 Å². The molecule has 15 heavy (non-hydrogen) atoms. The van der Waals surface area contributed by atoms with E-state index in [1.807, 2.05) is 5.38 Å². The summed E-state index contributed by atoms with van der Waals surface area (Å²) in [6, 6.07) is 1.76. The lowest BCUT2D eigenvalue weighted by molar-refractivity contribution is 0.0166. The first-order chi connectivity index (χ1) is 7.11. The maximum absolute atomic E-state index is 11.7. The molecule has 0 radical (unpaired) electrons. The van der Waals surface area contributed by atoms with E-state index in [2.05, 4.69) is 0 Å². The van der Waals surface area contributed by atoms with Crippen LogP contribution in [0.4, 0.5) is 8.78 Å². The Morgan fingerprint density at radius 2 is 2.20 bits per heavy atom. The highest BCUT2D eigenvalue weighted by molar-refractivity contribution is 7.11. The average molecular weight is 275 g/mol. The number of thiophene rings is 1. The van der Waals surface area contributed by atoms with Gasteiger partial charge in [0.15, 0.2) is 0 Å². The quantitative estimate of drug-likeness (QED) is 0.554. The Morgan fingerprint density at radius 1 is 1.47 bits per heavy atom. The monoisotopic (exact) mass is 274 g/mol. The van der Waals surface area contributed by atoms with Crippen LogP contribution in [0.1, 0.15) is 16.7 Å². The summed E-state index contributed by atoms with van der Waals surface area (Å²) in [6.07, 6.45) is -1.95. The summed E-state index contributed by atoms with van der Waals surface area (Å²) in [5, 5.41) is 2.19. The first kappa shape index (κ1) is 13.2. The Kier molecular flexibility index (Phi) is 5.82. The summed E-state index contributed by atoms with van der Waals surface area (Å²) < 4.78 is 28.2. The van der Waals surface area contributed by atoms with Crippen LogP contribution >= 0.6 is 34.5 Å². The van der Waals surface area contributed by atoms with E-state index < -0.39 is 13.0 Å². The van der Waals surface area contributed by atoms with E-state index in [9.17, 15) is 8.78 Å². The summed E-state index contributed by atoms with van der Waals surface area (Å²) in [7, 11) is 0. The van der Waals surface area contributed by atoms with Gasteiger partial charge in [-0.15, -0.1) is 22.9 Å². The minimum Gasteiger partial charge on any atom is -0.375 e. The van der Waals surface area contributed by atoms with Gasteiger partial charge in [0.05, 0.1) is 10.4 Å². The maximum atomic E-state index is 11.7. The molecule has 0 aromatic carbocycles. The summed E-state index contributed by atoms with van der Waals surface area (Å²) >= 11 is 13.3. The number of alkyl halides is 3. The van der Waals surface area contributed by atoms with Crippen LogP contribution in [-0.4, -0.2) is 19.6 Å². The largest absolute Gasteiger partial charge is 0.375 e. The molecule has 86 valence electrons. The molecule has 0 aliphatic rings. The van der Waals surface area contributed by atoms with Crippen LogP contribution in [0.15, 0.2) is 11.4 Å². The van der Waals surface area contributed by atoms with E-state index in [0.717, 1.165) is 4.88 Å². The zero-order valence-electron chi connectivity index (χ0n) is 7.76. The molecule has 0 spiro atoms. The van der Waals surface area contributed by atoms with Crippen LogP contribution in [-0.2, 0) is 4.74 Å². The van der Waals surface area contributed by atoms with Crippen LogP contribution < -0.4 is 0 Å². The average Bonchev–Trinajstić information content (AvgIpc) is 2.58. The second-order valence-corrected chi connectivity index (χ2v) is 4.74. The van der Waals surface area contributed by atoms with E-state index in [-0.39, 0.29) is 12.0 Å². The Hall–Kier alpha value is 0.1000. The molecular weight excluding hydrogens is 265 g/mol. The Bertz CT molecular complexity index is 293. The van der Waals surface area contributed by atoms with Crippen molar-refractivity contribution in [2.24, 2.45) is 0 Å². The Labute approximate surface area is 101 Å². The molecule has 0 saturated carbocycles. The minimum absolute atomic E-state index is 0.215. The van der Waals surface area contributed by atoms with E-state index >= 15 is 0 Å². The Balaban J connectivity index is 2.25. The normalized spacial score (nSPS) is 13.4. The number of halogens is 4. The van der Waals surface area contributed by atoms with Crippen LogP contribution in [0, 0.1) is 0 Å². The first-order valence-electron chi connectivity index (χ1n) is 4.34. The highest BCUT2D eigenvalue weighted by Gasteiger charge is 2.13. The van der Waals surface area contributed by atoms with E-state index in [0.29, 0.717) is 11.4 Å². The van der Waals surface area contributed by atoms with Crippen molar-refractivity contribution in [3.05, 3.63) is 21.3 Å². The predicted molar refractivity (Wildman–Crippen MR) is 59.4 cm³/mol. The molecule has 1 unspecified atom stereocenters. The van der Waals surface area contributed by atoms with Gasteiger partial charge in [0.25, 0.3) is 6.43 Å². The zero-order chi connectivity index (χ0) is 11.3. The third-order valence-corrected chi connectivity index (χ3v) is 3.73. The molecule has 6 heteroatoms. The number of hydrogen-bond donors (Lipinski definition) is 0. The van der Waals surface area contributed by atoms with Gasteiger partial charge in [-0.2, -0.15) is 0 Å². The first-order valence-corrected chi connectivity index (χ1v) is 6.03. The molecule has 0 aliphatic heterocycles.